The summed E-state index contributed by atoms with van der Waals surface area (Å²) in [6.45, 7) is 0. The first-order valence-electron chi connectivity index (χ1n) is 11.7. The monoisotopic (exact) mass is 434 g/mol. The van der Waals surface area contributed by atoms with Crippen LogP contribution in [0.5, 0.6) is 0 Å². The molecule has 1 aromatic carbocycles. The van der Waals surface area contributed by atoms with E-state index < -0.39 is 5.83 Å². The molecular formula is C27H31FN2O2. The van der Waals surface area contributed by atoms with E-state index in [1.807, 2.05) is 30.3 Å². The summed E-state index contributed by atoms with van der Waals surface area (Å²) in [4.78, 5) is 12.7. The number of halogens is 1. The normalized spacial score (nSPS) is 26.3. The van der Waals surface area contributed by atoms with Gasteiger partial charge >= 0.3 is 5.97 Å². The fourth-order valence-corrected chi connectivity index (χ4v) is 4.91. The van der Waals surface area contributed by atoms with Crippen molar-refractivity contribution in [2.75, 3.05) is 0 Å². The second-order valence-corrected chi connectivity index (χ2v) is 8.99. The Morgan fingerprint density at radius 3 is 2.34 bits per heavy atom. The molecular weight excluding hydrogens is 403 g/mol. The molecule has 0 N–H and O–H groups in total. The lowest BCUT2D eigenvalue weighted by Gasteiger charge is -2.31. The van der Waals surface area contributed by atoms with Crippen molar-refractivity contribution in [2.45, 2.75) is 76.2 Å². The smallest absolute Gasteiger partial charge is 0.309 e. The summed E-state index contributed by atoms with van der Waals surface area (Å²) in [6.07, 6.45) is 14.3. The maximum Gasteiger partial charge on any atom is 0.309 e. The van der Waals surface area contributed by atoms with Gasteiger partial charge in [0.2, 0.25) is 0 Å². The number of ether oxygens (including phenoxy) is 1. The van der Waals surface area contributed by atoms with Crippen LogP contribution in [0.15, 0.2) is 48.3 Å². The number of nitrogens with zero attached hydrogens (tertiary/aromatic N) is 2. The lowest BCUT2D eigenvalue weighted by atomic mass is 9.78. The van der Waals surface area contributed by atoms with Gasteiger partial charge in [0.25, 0.3) is 0 Å². The highest BCUT2D eigenvalue weighted by Gasteiger charge is 2.31. The molecule has 0 radical (unpaired) electrons. The molecule has 2 saturated carbocycles. The Hall–Kier alpha value is -2.92. The molecule has 0 bridgehead atoms. The van der Waals surface area contributed by atoms with E-state index in [1.54, 1.807) is 6.08 Å². The SMILES string of the molecule is N#CC(F)=C/C=C/CCC1CCC(OC(=O)[C@H]2CC[C@H](c3ccc(C#N)cc3)CC2)CC1. The van der Waals surface area contributed by atoms with Crippen molar-refractivity contribution in [1.29, 1.82) is 10.5 Å². The minimum Gasteiger partial charge on any atom is -0.462 e. The standard InChI is InChI=1S/C27H31FN2O2/c28-25(19-30)5-3-1-2-4-20-8-16-26(17-9-20)32-27(31)24-14-12-23(13-15-24)22-10-6-21(18-29)7-11-22/h1,3,5-7,10-11,20,23-24,26H,2,4,8-9,12-17H2/b3-1+,25-5?/t20?,23-,24-,26?. The van der Waals surface area contributed by atoms with Crippen molar-refractivity contribution in [2.24, 2.45) is 11.8 Å². The predicted molar refractivity (Wildman–Crippen MR) is 121 cm³/mol. The molecule has 2 aliphatic rings. The van der Waals surface area contributed by atoms with Crippen molar-refractivity contribution in [3.8, 4) is 12.1 Å². The van der Waals surface area contributed by atoms with Crippen molar-refractivity contribution in [3.05, 3.63) is 59.4 Å². The van der Waals surface area contributed by atoms with E-state index in [-0.39, 0.29) is 18.0 Å². The number of carbonyl (C=O) groups is 1. The molecule has 5 heteroatoms. The van der Waals surface area contributed by atoms with Gasteiger partial charge in [0.15, 0.2) is 5.83 Å². The Morgan fingerprint density at radius 1 is 1.03 bits per heavy atom. The summed E-state index contributed by atoms with van der Waals surface area (Å²) in [6, 6.07) is 11.4. The number of esters is 1. The molecule has 0 heterocycles. The Morgan fingerprint density at radius 2 is 1.72 bits per heavy atom. The molecule has 0 amide bonds. The van der Waals surface area contributed by atoms with Crippen LogP contribution in [0.3, 0.4) is 0 Å². The van der Waals surface area contributed by atoms with Crippen molar-refractivity contribution in [3.63, 3.8) is 0 Å². The molecule has 32 heavy (non-hydrogen) atoms. The van der Waals surface area contributed by atoms with Crippen molar-refractivity contribution < 1.29 is 13.9 Å². The maximum absolute atomic E-state index is 12.7. The van der Waals surface area contributed by atoms with Crippen molar-refractivity contribution in [1.82, 2.24) is 0 Å². The summed E-state index contributed by atoms with van der Waals surface area (Å²) in [5.74, 6) is 0.284. The first-order chi connectivity index (χ1) is 15.6. The van der Waals surface area contributed by atoms with Crippen molar-refractivity contribution >= 4 is 5.97 Å². The molecule has 3 rings (SSSR count). The lowest BCUT2D eigenvalue weighted by Crippen LogP contribution is -2.29. The molecule has 0 unspecified atom stereocenters. The number of rotatable bonds is 7. The van der Waals surface area contributed by atoms with Gasteiger partial charge in [-0.05, 0) is 99.8 Å². The number of carbonyl (C=O) groups excluding carboxylic acids is 1. The third-order valence-corrected chi connectivity index (χ3v) is 6.88. The number of hydrogen-bond acceptors (Lipinski definition) is 4. The summed E-state index contributed by atoms with van der Waals surface area (Å²) >= 11 is 0. The van der Waals surface area contributed by atoms with Gasteiger partial charge in [0, 0.05) is 0 Å². The van der Waals surface area contributed by atoms with Gasteiger partial charge in [-0.2, -0.15) is 14.9 Å². The summed E-state index contributed by atoms with van der Waals surface area (Å²) in [7, 11) is 0. The molecule has 0 atom stereocenters. The van der Waals surface area contributed by atoms with Gasteiger partial charge in [0.1, 0.15) is 12.2 Å². The molecule has 0 spiro atoms. The third-order valence-electron chi connectivity index (χ3n) is 6.88. The molecule has 2 fully saturated rings. The Labute approximate surface area is 190 Å². The second kappa shape index (κ2) is 12.2. The number of allylic oxidation sites excluding steroid dienone is 4. The van der Waals surface area contributed by atoms with Gasteiger partial charge in [-0.3, -0.25) is 4.79 Å². The van der Waals surface area contributed by atoms with Crippen LogP contribution >= 0.6 is 0 Å². The summed E-state index contributed by atoms with van der Waals surface area (Å²) < 4.78 is 18.6. The van der Waals surface area contributed by atoms with Gasteiger partial charge < -0.3 is 4.74 Å². The third kappa shape index (κ3) is 7.06. The van der Waals surface area contributed by atoms with Crippen LogP contribution in [0.4, 0.5) is 4.39 Å². The fraction of sp³-hybridized carbons (Fsp3) is 0.519. The van der Waals surface area contributed by atoms with E-state index in [9.17, 15) is 9.18 Å². The number of hydrogen-bond donors (Lipinski definition) is 0. The van der Waals surface area contributed by atoms with E-state index >= 15 is 0 Å². The van der Waals surface area contributed by atoms with Gasteiger partial charge in [-0.25, -0.2) is 0 Å². The average Bonchev–Trinajstić information content (AvgIpc) is 2.84. The van der Waals surface area contributed by atoms with Crippen LogP contribution in [0, 0.1) is 34.5 Å². The zero-order valence-electron chi connectivity index (χ0n) is 18.5. The minimum absolute atomic E-state index is 0.00866. The minimum atomic E-state index is -0.772. The second-order valence-electron chi connectivity index (χ2n) is 8.99. The molecule has 0 aromatic heterocycles. The lowest BCUT2D eigenvalue weighted by molar-refractivity contribution is -0.157. The summed E-state index contributed by atoms with van der Waals surface area (Å²) in [5.41, 5.74) is 1.94. The fourth-order valence-electron chi connectivity index (χ4n) is 4.91. The molecule has 0 saturated heterocycles. The number of benzene rings is 1. The van der Waals surface area contributed by atoms with E-state index in [0.29, 0.717) is 17.4 Å². The van der Waals surface area contributed by atoms with E-state index in [2.05, 4.69) is 6.07 Å². The highest BCUT2D eigenvalue weighted by atomic mass is 19.1. The highest BCUT2D eigenvalue weighted by Crippen LogP contribution is 2.37. The van der Waals surface area contributed by atoms with Crippen LogP contribution in [-0.4, -0.2) is 12.1 Å². The summed E-state index contributed by atoms with van der Waals surface area (Å²) in [5, 5.41) is 17.3. The van der Waals surface area contributed by atoms with E-state index in [4.69, 9.17) is 15.3 Å². The van der Waals surface area contributed by atoms with Crippen LogP contribution in [-0.2, 0) is 9.53 Å². The topological polar surface area (TPSA) is 73.9 Å². The molecule has 1 aromatic rings. The quantitative estimate of drug-likeness (QED) is 0.274. The molecule has 4 nitrogen and oxygen atoms in total. The van der Waals surface area contributed by atoms with Gasteiger partial charge in [-0.1, -0.05) is 24.3 Å². The number of nitriles is 2. The molecule has 2 aliphatic carbocycles. The van der Waals surface area contributed by atoms with E-state index in [0.717, 1.165) is 64.2 Å². The first kappa shape index (κ1) is 23.7. The Balaban J connectivity index is 1.34. The average molecular weight is 435 g/mol. The maximum atomic E-state index is 12.7. The van der Waals surface area contributed by atoms with Crippen LogP contribution in [0.1, 0.15) is 81.3 Å². The van der Waals surface area contributed by atoms with Gasteiger partial charge in [-0.15, -0.1) is 0 Å². The zero-order valence-corrected chi connectivity index (χ0v) is 18.5. The van der Waals surface area contributed by atoms with Crippen LogP contribution in [0.2, 0.25) is 0 Å². The van der Waals surface area contributed by atoms with Crippen LogP contribution in [0.25, 0.3) is 0 Å². The highest BCUT2D eigenvalue weighted by molar-refractivity contribution is 5.72. The Bertz CT molecular complexity index is 891. The Kier molecular flexibility index (Phi) is 9.05. The zero-order chi connectivity index (χ0) is 22.8. The molecule has 168 valence electrons. The predicted octanol–water partition coefficient (Wildman–Crippen LogP) is 6.65. The largest absolute Gasteiger partial charge is 0.462 e. The molecule has 0 aliphatic heterocycles. The van der Waals surface area contributed by atoms with Gasteiger partial charge in [0.05, 0.1) is 17.6 Å². The van der Waals surface area contributed by atoms with E-state index in [1.165, 1.54) is 17.7 Å². The van der Waals surface area contributed by atoms with Crippen LogP contribution < -0.4 is 0 Å². The first-order valence-corrected chi connectivity index (χ1v) is 11.7.